The Hall–Kier alpha value is -1.88. The second kappa shape index (κ2) is 10.2. The van der Waals surface area contributed by atoms with Gasteiger partial charge in [0.1, 0.15) is 5.75 Å². The summed E-state index contributed by atoms with van der Waals surface area (Å²) >= 11 is 0. The summed E-state index contributed by atoms with van der Waals surface area (Å²) < 4.78 is 5.51. The van der Waals surface area contributed by atoms with Crippen molar-refractivity contribution < 1.29 is 14.3 Å². The topological polar surface area (TPSA) is 58.6 Å². The van der Waals surface area contributed by atoms with E-state index in [4.69, 9.17) is 4.74 Å². The summed E-state index contributed by atoms with van der Waals surface area (Å²) in [5.74, 6) is 0.723. The third kappa shape index (κ3) is 6.16. The van der Waals surface area contributed by atoms with Gasteiger partial charge >= 0.3 is 0 Å². The number of ether oxygens (including phenoxy) is 1. The molecule has 1 fully saturated rings. The predicted octanol–water partition coefficient (Wildman–Crippen LogP) is 3.04. The summed E-state index contributed by atoms with van der Waals surface area (Å²) in [7, 11) is 0. The van der Waals surface area contributed by atoms with Gasteiger partial charge in [-0.05, 0) is 56.6 Å². The highest BCUT2D eigenvalue weighted by Gasteiger charge is 2.23. The molecule has 1 atom stereocenters. The molecule has 1 N–H and O–H groups in total. The van der Waals surface area contributed by atoms with Crippen molar-refractivity contribution in [1.29, 1.82) is 0 Å². The molecular formula is C20H30N2O3. The quantitative estimate of drug-likeness (QED) is 0.662. The number of benzene rings is 1. The van der Waals surface area contributed by atoms with Crippen LogP contribution < -0.4 is 10.1 Å². The van der Waals surface area contributed by atoms with E-state index < -0.39 is 0 Å². The Morgan fingerprint density at radius 2 is 1.96 bits per heavy atom. The van der Waals surface area contributed by atoms with Crippen molar-refractivity contribution in [2.45, 2.75) is 52.0 Å². The first-order chi connectivity index (χ1) is 12.1. The predicted molar refractivity (Wildman–Crippen MR) is 99.1 cm³/mol. The Morgan fingerprint density at radius 3 is 2.64 bits per heavy atom. The summed E-state index contributed by atoms with van der Waals surface area (Å²) in [4.78, 5) is 26.6. The lowest BCUT2D eigenvalue weighted by Gasteiger charge is -2.22. The number of likely N-dealkylation sites (N-methyl/N-ethyl adjacent to an activating group) is 1. The minimum atomic E-state index is -0.0424. The lowest BCUT2D eigenvalue weighted by Crippen LogP contribution is -2.40. The van der Waals surface area contributed by atoms with E-state index in [1.54, 1.807) is 12.1 Å². The second-order valence-electron chi connectivity index (χ2n) is 6.52. The van der Waals surface area contributed by atoms with E-state index in [0.717, 1.165) is 31.7 Å². The maximum Gasteiger partial charge on any atom is 0.220 e. The molecule has 0 aromatic heterocycles. The third-order valence-electron chi connectivity index (χ3n) is 4.67. The summed E-state index contributed by atoms with van der Waals surface area (Å²) in [5, 5.41) is 2.98. The van der Waals surface area contributed by atoms with Gasteiger partial charge in [-0.2, -0.15) is 0 Å². The minimum absolute atomic E-state index is 0.00626. The van der Waals surface area contributed by atoms with E-state index in [0.29, 0.717) is 24.8 Å². The van der Waals surface area contributed by atoms with Crippen molar-refractivity contribution in [2.75, 3.05) is 26.2 Å². The molecule has 1 unspecified atom stereocenters. The van der Waals surface area contributed by atoms with Crippen LogP contribution in [-0.2, 0) is 4.79 Å². The SMILES string of the molecule is CCCOc1ccc(C(=O)CCC(=O)NCC2CCCN2CC)cc1. The van der Waals surface area contributed by atoms with E-state index >= 15 is 0 Å². The molecule has 0 spiro atoms. The molecule has 5 nitrogen and oxygen atoms in total. The zero-order valence-electron chi connectivity index (χ0n) is 15.4. The van der Waals surface area contributed by atoms with Crippen molar-refractivity contribution in [3.8, 4) is 5.75 Å². The van der Waals surface area contributed by atoms with Crippen LogP contribution in [0.3, 0.4) is 0 Å². The molecule has 1 aliphatic heterocycles. The Kier molecular flexibility index (Phi) is 7.92. The monoisotopic (exact) mass is 346 g/mol. The number of ketones is 1. The number of likely N-dealkylation sites (tertiary alicyclic amines) is 1. The number of Topliss-reactive ketones (excluding diaryl/α,β-unsaturated/α-hetero) is 1. The number of carbonyl (C=O) groups is 2. The molecule has 1 amide bonds. The summed E-state index contributed by atoms with van der Waals surface area (Å²) in [5.41, 5.74) is 0.629. The van der Waals surface area contributed by atoms with Crippen LogP contribution >= 0.6 is 0 Å². The average Bonchev–Trinajstić information content (AvgIpc) is 3.10. The molecule has 1 aromatic rings. The fourth-order valence-corrected chi connectivity index (χ4v) is 3.19. The third-order valence-corrected chi connectivity index (χ3v) is 4.67. The fraction of sp³-hybridized carbons (Fsp3) is 0.600. The van der Waals surface area contributed by atoms with Gasteiger partial charge in [-0.3, -0.25) is 14.5 Å². The lowest BCUT2D eigenvalue weighted by atomic mass is 10.1. The number of nitrogens with zero attached hydrogens (tertiary/aromatic N) is 1. The van der Waals surface area contributed by atoms with Crippen molar-refractivity contribution in [2.24, 2.45) is 0 Å². The highest BCUT2D eigenvalue weighted by Crippen LogP contribution is 2.16. The maximum absolute atomic E-state index is 12.2. The van der Waals surface area contributed by atoms with E-state index in [2.05, 4.69) is 24.1 Å². The van der Waals surface area contributed by atoms with Gasteiger partial charge in [0, 0.05) is 31.0 Å². The Labute approximate surface area is 150 Å². The molecule has 1 aromatic carbocycles. The van der Waals surface area contributed by atoms with Gasteiger partial charge in [0.2, 0.25) is 5.91 Å². The first kappa shape index (κ1) is 19.4. The summed E-state index contributed by atoms with van der Waals surface area (Å²) in [6.45, 7) is 7.70. The van der Waals surface area contributed by atoms with Crippen molar-refractivity contribution in [3.63, 3.8) is 0 Å². The highest BCUT2D eigenvalue weighted by molar-refractivity contribution is 5.98. The van der Waals surface area contributed by atoms with Crippen LogP contribution in [0, 0.1) is 0 Å². The Bertz CT molecular complexity index is 557. The van der Waals surface area contributed by atoms with Crippen LogP contribution in [-0.4, -0.2) is 48.9 Å². The highest BCUT2D eigenvalue weighted by atomic mass is 16.5. The molecule has 0 radical (unpaired) electrons. The minimum Gasteiger partial charge on any atom is -0.494 e. The van der Waals surface area contributed by atoms with Crippen molar-refractivity contribution in [3.05, 3.63) is 29.8 Å². The molecule has 138 valence electrons. The fourth-order valence-electron chi connectivity index (χ4n) is 3.19. The van der Waals surface area contributed by atoms with Crippen LogP contribution in [0.15, 0.2) is 24.3 Å². The second-order valence-corrected chi connectivity index (χ2v) is 6.52. The first-order valence-electron chi connectivity index (χ1n) is 9.40. The van der Waals surface area contributed by atoms with E-state index in [9.17, 15) is 9.59 Å². The number of amides is 1. The van der Waals surface area contributed by atoms with Gasteiger partial charge < -0.3 is 10.1 Å². The molecule has 1 saturated heterocycles. The normalized spacial score (nSPS) is 17.4. The van der Waals surface area contributed by atoms with Crippen LogP contribution in [0.4, 0.5) is 0 Å². The smallest absolute Gasteiger partial charge is 0.220 e. The Morgan fingerprint density at radius 1 is 1.20 bits per heavy atom. The molecule has 2 rings (SSSR count). The summed E-state index contributed by atoms with van der Waals surface area (Å²) in [6.07, 6.45) is 3.77. The van der Waals surface area contributed by atoms with Crippen molar-refractivity contribution >= 4 is 11.7 Å². The number of hydrogen-bond donors (Lipinski definition) is 1. The van der Waals surface area contributed by atoms with Gasteiger partial charge in [0.25, 0.3) is 0 Å². The van der Waals surface area contributed by atoms with Gasteiger partial charge in [-0.1, -0.05) is 13.8 Å². The first-order valence-corrected chi connectivity index (χ1v) is 9.40. The van der Waals surface area contributed by atoms with Crippen LogP contribution in [0.1, 0.15) is 56.3 Å². The lowest BCUT2D eigenvalue weighted by molar-refractivity contribution is -0.121. The van der Waals surface area contributed by atoms with Gasteiger partial charge in [-0.25, -0.2) is 0 Å². The van der Waals surface area contributed by atoms with Crippen LogP contribution in [0.25, 0.3) is 0 Å². The van der Waals surface area contributed by atoms with Gasteiger partial charge in [0.05, 0.1) is 6.61 Å². The number of hydrogen-bond acceptors (Lipinski definition) is 4. The molecular weight excluding hydrogens is 316 g/mol. The van der Waals surface area contributed by atoms with Crippen LogP contribution in [0.5, 0.6) is 5.75 Å². The summed E-state index contributed by atoms with van der Waals surface area (Å²) in [6, 6.07) is 7.59. The molecule has 1 heterocycles. The van der Waals surface area contributed by atoms with Gasteiger partial charge in [-0.15, -0.1) is 0 Å². The van der Waals surface area contributed by atoms with E-state index in [1.165, 1.54) is 6.42 Å². The van der Waals surface area contributed by atoms with Crippen LogP contribution in [0.2, 0.25) is 0 Å². The zero-order valence-corrected chi connectivity index (χ0v) is 15.4. The average molecular weight is 346 g/mol. The maximum atomic E-state index is 12.2. The Balaban J connectivity index is 1.70. The van der Waals surface area contributed by atoms with E-state index in [-0.39, 0.29) is 24.5 Å². The number of rotatable bonds is 10. The molecule has 0 saturated carbocycles. The molecule has 5 heteroatoms. The molecule has 25 heavy (non-hydrogen) atoms. The molecule has 0 aliphatic carbocycles. The molecule has 0 bridgehead atoms. The van der Waals surface area contributed by atoms with Gasteiger partial charge in [0.15, 0.2) is 5.78 Å². The van der Waals surface area contributed by atoms with E-state index in [1.807, 2.05) is 12.1 Å². The zero-order chi connectivity index (χ0) is 18.1. The molecule has 1 aliphatic rings. The largest absolute Gasteiger partial charge is 0.494 e. The number of nitrogens with one attached hydrogen (secondary N) is 1. The standard InChI is InChI=1S/C20H30N2O3/c1-3-14-25-18-9-7-16(8-10-18)19(23)11-12-20(24)21-15-17-6-5-13-22(17)4-2/h7-10,17H,3-6,11-15H2,1-2H3,(H,21,24). The van der Waals surface area contributed by atoms with Crippen molar-refractivity contribution in [1.82, 2.24) is 10.2 Å². The number of carbonyl (C=O) groups excluding carboxylic acids is 2.